The molecule has 1 aromatic rings. The van der Waals surface area contributed by atoms with E-state index in [0.29, 0.717) is 10.6 Å². The molecule has 0 bridgehead atoms. The van der Waals surface area contributed by atoms with Crippen molar-refractivity contribution in [1.29, 1.82) is 0 Å². The predicted octanol–water partition coefficient (Wildman–Crippen LogP) is 4.14. The minimum absolute atomic E-state index is 0.000756. The van der Waals surface area contributed by atoms with Crippen molar-refractivity contribution in [1.82, 2.24) is 10.6 Å². The van der Waals surface area contributed by atoms with E-state index in [0.717, 1.165) is 17.3 Å². The standard InChI is InChI=1S/C16H22BrClN2O/c1-15(2)8-10(9-16(3,4)20-15)19-14(21)11-6-5-7-12(17)13(11)18/h5-7,10,20H,8-9H2,1-4H3,(H,19,21). The second kappa shape index (κ2) is 5.90. The number of hydrogen-bond donors (Lipinski definition) is 2. The minimum atomic E-state index is -0.111. The van der Waals surface area contributed by atoms with E-state index in [1.165, 1.54) is 0 Å². The number of benzene rings is 1. The van der Waals surface area contributed by atoms with Gasteiger partial charge in [0.1, 0.15) is 0 Å². The molecule has 21 heavy (non-hydrogen) atoms. The number of carbonyl (C=O) groups excluding carboxylic acids is 1. The highest BCUT2D eigenvalue weighted by atomic mass is 79.9. The van der Waals surface area contributed by atoms with Crippen molar-refractivity contribution in [3.05, 3.63) is 33.3 Å². The highest BCUT2D eigenvalue weighted by Gasteiger charge is 2.38. The number of piperidine rings is 1. The first-order chi connectivity index (χ1) is 9.60. The molecule has 0 aromatic heterocycles. The first kappa shape index (κ1) is 16.8. The van der Waals surface area contributed by atoms with Gasteiger partial charge < -0.3 is 10.6 Å². The van der Waals surface area contributed by atoms with Crippen LogP contribution in [-0.2, 0) is 0 Å². The Balaban J connectivity index is 2.14. The average Bonchev–Trinajstić information content (AvgIpc) is 2.28. The predicted molar refractivity (Wildman–Crippen MR) is 90.9 cm³/mol. The first-order valence-corrected chi connectivity index (χ1v) is 8.31. The highest BCUT2D eigenvalue weighted by molar-refractivity contribution is 9.10. The number of nitrogens with one attached hydrogen (secondary N) is 2. The number of rotatable bonds is 2. The molecule has 116 valence electrons. The summed E-state index contributed by atoms with van der Waals surface area (Å²) in [6.45, 7) is 8.66. The molecule has 0 radical (unpaired) electrons. The summed E-state index contributed by atoms with van der Waals surface area (Å²) in [5, 5.41) is 7.20. The molecule has 5 heteroatoms. The maximum absolute atomic E-state index is 12.5. The summed E-state index contributed by atoms with van der Waals surface area (Å²) in [4.78, 5) is 12.5. The Bertz CT molecular complexity index is 541. The molecule has 1 heterocycles. The third-order valence-electron chi connectivity index (χ3n) is 3.72. The summed E-state index contributed by atoms with van der Waals surface area (Å²) in [6, 6.07) is 5.54. The zero-order chi connectivity index (χ0) is 15.8. The molecule has 0 aliphatic carbocycles. The van der Waals surface area contributed by atoms with Gasteiger partial charge in [0.25, 0.3) is 5.91 Å². The summed E-state index contributed by atoms with van der Waals surface area (Å²) in [6.07, 6.45) is 1.79. The molecule has 1 aromatic carbocycles. The van der Waals surface area contributed by atoms with Crippen molar-refractivity contribution in [3.8, 4) is 0 Å². The lowest BCUT2D eigenvalue weighted by Crippen LogP contribution is -2.62. The fourth-order valence-corrected chi connectivity index (χ4v) is 3.94. The Hall–Kier alpha value is -0.580. The van der Waals surface area contributed by atoms with Gasteiger partial charge in [0, 0.05) is 21.6 Å². The van der Waals surface area contributed by atoms with Crippen molar-refractivity contribution in [2.24, 2.45) is 0 Å². The maximum Gasteiger partial charge on any atom is 0.253 e. The Morgan fingerprint density at radius 2 is 1.86 bits per heavy atom. The van der Waals surface area contributed by atoms with Crippen molar-refractivity contribution in [3.63, 3.8) is 0 Å². The van der Waals surface area contributed by atoms with Crippen molar-refractivity contribution in [2.45, 2.75) is 57.7 Å². The largest absolute Gasteiger partial charge is 0.349 e. The lowest BCUT2D eigenvalue weighted by Gasteiger charge is -2.46. The van der Waals surface area contributed by atoms with Gasteiger partial charge in [-0.05, 0) is 68.6 Å². The van der Waals surface area contributed by atoms with E-state index in [-0.39, 0.29) is 23.0 Å². The van der Waals surface area contributed by atoms with Gasteiger partial charge >= 0.3 is 0 Å². The van der Waals surface area contributed by atoms with Crippen molar-refractivity contribution >= 4 is 33.4 Å². The third-order valence-corrected chi connectivity index (χ3v) is 5.02. The number of carbonyl (C=O) groups is 1. The van der Waals surface area contributed by atoms with E-state index < -0.39 is 0 Å². The van der Waals surface area contributed by atoms with Gasteiger partial charge in [-0.25, -0.2) is 0 Å². The molecule has 1 aliphatic heterocycles. The molecule has 1 aliphatic rings. The molecule has 0 atom stereocenters. The van der Waals surface area contributed by atoms with E-state index in [2.05, 4.69) is 54.3 Å². The Kier molecular flexibility index (Phi) is 4.72. The number of amides is 1. The van der Waals surface area contributed by atoms with Crippen LogP contribution < -0.4 is 10.6 Å². The highest BCUT2D eigenvalue weighted by Crippen LogP contribution is 2.30. The van der Waals surface area contributed by atoms with Crippen LogP contribution in [0.4, 0.5) is 0 Å². The molecule has 1 amide bonds. The van der Waals surface area contributed by atoms with Gasteiger partial charge in [-0.1, -0.05) is 17.7 Å². The minimum Gasteiger partial charge on any atom is -0.349 e. The molecular weight excluding hydrogens is 352 g/mol. The SMILES string of the molecule is CC1(C)CC(NC(=O)c2cccc(Br)c2Cl)CC(C)(C)N1. The lowest BCUT2D eigenvalue weighted by molar-refractivity contribution is 0.0873. The van der Waals surface area contributed by atoms with Crippen LogP contribution in [0.1, 0.15) is 50.9 Å². The molecule has 2 N–H and O–H groups in total. The van der Waals surface area contributed by atoms with Gasteiger partial charge in [-0.3, -0.25) is 4.79 Å². The summed E-state index contributed by atoms with van der Waals surface area (Å²) in [5.74, 6) is -0.111. The number of halogens is 2. The second-order valence-corrected chi connectivity index (χ2v) is 8.31. The fraction of sp³-hybridized carbons (Fsp3) is 0.562. The Morgan fingerprint density at radius 3 is 2.43 bits per heavy atom. The molecule has 1 fully saturated rings. The maximum atomic E-state index is 12.5. The van der Waals surface area contributed by atoms with Gasteiger partial charge in [0.2, 0.25) is 0 Å². The topological polar surface area (TPSA) is 41.1 Å². The van der Waals surface area contributed by atoms with Crippen LogP contribution >= 0.6 is 27.5 Å². The smallest absolute Gasteiger partial charge is 0.253 e. The van der Waals surface area contributed by atoms with Gasteiger partial charge in [0.15, 0.2) is 0 Å². The Morgan fingerprint density at radius 1 is 1.29 bits per heavy atom. The fourth-order valence-electron chi connectivity index (χ4n) is 3.37. The molecule has 1 saturated heterocycles. The zero-order valence-corrected chi connectivity index (χ0v) is 15.2. The van der Waals surface area contributed by atoms with Crippen LogP contribution in [0.3, 0.4) is 0 Å². The van der Waals surface area contributed by atoms with Crippen LogP contribution in [-0.4, -0.2) is 23.0 Å². The summed E-state index contributed by atoms with van der Waals surface area (Å²) in [5.41, 5.74) is 0.516. The second-order valence-electron chi connectivity index (χ2n) is 7.07. The van der Waals surface area contributed by atoms with Crippen LogP contribution in [0.25, 0.3) is 0 Å². The zero-order valence-electron chi connectivity index (χ0n) is 12.9. The summed E-state index contributed by atoms with van der Waals surface area (Å²) >= 11 is 9.55. The molecule has 3 nitrogen and oxygen atoms in total. The van der Waals surface area contributed by atoms with Crippen molar-refractivity contribution < 1.29 is 4.79 Å². The van der Waals surface area contributed by atoms with E-state index in [4.69, 9.17) is 11.6 Å². The molecule has 0 saturated carbocycles. The van der Waals surface area contributed by atoms with E-state index >= 15 is 0 Å². The van der Waals surface area contributed by atoms with Crippen LogP contribution in [0.5, 0.6) is 0 Å². The normalized spacial score (nSPS) is 21.0. The molecular formula is C16H22BrClN2O. The van der Waals surface area contributed by atoms with Crippen LogP contribution in [0, 0.1) is 0 Å². The molecule has 2 rings (SSSR count). The third kappa shape index (κ3) is 4.21. The monoisotopic (exact) mass is 372 g/mol. The summed E-state index contributed by atoms with van der Waals surface area (Å²) < 4.78 is 0.739. The van der Waals surface area contributed by atoms with Crippen LogP contribution in [0.15, 0.2) is 22.7 Å². The van der Waals surface area contributed by atoms with Crippen molar-refractivity contribution in [2.75, 3.05) is 0 Å². The van der Waals surface area contributed by atoms with E-state index in [9.17, 15) is 4.79 Å². The van der Waals surface area contributed by atoms with Gasteiger partial charge in [0.05, 0.1) is 10.6 Å². The average molecular weight is 374 g/mol. The van der Waals surface area contributed by atoms with E-state index in [1.807, 2.05) is 12.1 Å². The number of hydrogen-bond acceptors (Lipinski definition) is 2. The molecule has 0 spiro atoms. The van der Waals surface area contributed by atoms with Gasteiger partial charge in [-0.2, -0.15) is 0 Å². The van der Waals surface area contributed by atoms with E-state index in [1.54, 1.807) is 6.07 Å². The quantitative estimate of drug-likeness (QED) is 0.818. The first-order valence-electron chi connectivity index (χ1n) is 7.14. The van der Waals surface area contributed by atoms with Gasteiger partial charge in [-0.15, -0.1) is 0 Å². The summed E-state index contributed by atoms with van der Waals surface area (Å²) in [7, 11) is 0. The Labute approximate surface area is 140 Å². The van der Waals surface area contributed by atoms with Crippen LogP contribution in [0.2, 0.25) is 5.02 Å². The molecule has 0 unspecified atom stereocenters. The lowest BCUT2D eigenvalue weighted by atomic mass is 9.79.